The number of hydrogen-bond acceptors (Lipinski definition) is 5. The van der Waals surface area contributed by atoms with Crippen LogP contribution < -0.4 is 5.32 Å². The minimum absolute atomic E-state index is 0.0441. The second kappa shape index (κ2) is 9.99. The summed E-state index contributed by atoms with van der Waals surface area (Å²) in [6.07, 6.45) is -4.02. The number of esters is 1. The zero-order valence-electron chi connectivity index (χ0n) is 14.1. The van der Waals surface area contributed by atoms with Crippen molar-refractivity contribution in [3.05, 3.63) is 52.1 Å². The predicted molar refractivity (Wildman–Crippen MR) is 101 cm³/mol. The fraction of sp³-hybridized carbons (Fsp3) is 0.235. The zero-order valence-corrected chi connectivity index (χ0v) is 16.4. The van der Waals surface area contributed by atoms with Crippen LogP contribution in [0.2, 0.25) is 10.0 Å². The van der Waals surface area contributed by atoms with Crippen molar-refractivity contribution in [1.29, 1.82) is 0 Å². The van der Waals surface area contributed by atoms with E-state index in [0.717, 1.165) is 4.90 Å². The molecular formula is C17H13Cl2F3N2O3S. The van der Waals surface area contributed by atoms with E-state index in [0.29, 0.717) is 23.0 Å². The number of hydrogen-bond donors (Lipinski definition) is 1. The van der Waals surface area contributed by atoms with Gasteiger partial charge in [0, 0.05) is 16.8 Å². The van der Waals surface area contributed by atoms with Gasteiger partial charge >= 0.3 is 12.1 Å². The molecule has 0 unspecified atom stereocenters. The van der Waals surface area contributed by atoms with E-state index in [4.69, 9.17) is 27.9 Å². The third-order valence-electron chi connectivity index (χ3n) is 3.19. The number of carbonyl (C=O) groups excluding carboxylic acids is 2. The van der Waals surface area contributed by atoms with Crippen molar-refractivity contribution in [1.82, 2.24) is 4.98 Å². The number of alkyl halides is 3. The lowest BCUT2D eigenvalue weighted by atomic mass is 10.3. The maximum absolute atomic E-state index is 12.6. The minimum atomic E-state index is -4.60. The van der Waals surface area contributed by atoms with Crippen molar-refractivity contribution in [3.8, 4) is 0 Å². The van der Waals surface area contributed by atoms with Gasteiger partial charge in [-0.1, -0.05) is 35.3 Å². The Labute approximate surface area is 172 Å². The highest BCUT2D eigenvalue weighted by Crippen LogP contribution is 2.32. The summed E-state index contributed by atoms with van der Waals surface area (Å²) >= 11 is 13.0. The van der Waals surface area contributed by atoms with Crippen LogP contribution in [0.3, 0.4) is 0 Å². The number of aromatic nitrogens is 1. The number of rotatable bonds is 7. The molecule has 0 aliphatic carbocycles. The maximum Gasteiger partial charge on any atom is 0.417 e. The van der Waals surface area contributed by atoms with Crippen LogP contribution in [-0.4, -0.2) is 29.2 Å². The van der Waals surface area contributed by atoms with E-state index in [2.05, 4.69) is 10.3 Å². The Morgan fingerprint density at radius 3 is 2.54 bits per heavy atom. The average molecular weight is 453 g/mol. The number of amides is 1. The van der Waals surface area contributed by atoms with Crippen molar-refractivity contribution in [2.75, 3.05) is 17.7 Å². The summed E-state index contributed by atoms with van der Waals surface area (Å²) in [5.74, 6) is -1.25. The fourth-order valence-corrected chi connectivity index (χ4v) is 3.26. The summed E-state index contributed by atoms with van der Waals surface area (Å²) < 4.78 is 42.5. The number of carbonyl (C=O) groups is 2. The molecule has 0 radical (unpaired) electrons. The lowest BCUT2D eigenvalue weighted by molar-refractivity contribution is -0.146. The van der Waals surface area contributed by atoms with E-state index in [1.54, 1.807) is 12.1 Å². The molecule has 0 aliphatic rings. The molecule has 1 amide bonds. The normalized spacial score (nSPS) is 11.2. The van der Waals surface area contributed by atoms with Crippen LogP contribution in [0.5, 0.6) is 0 Å². The summed E-state index contributed by atoms with van der Waals surface area (Å²) in [6, 6.07) is 7.79. The highest BCUT2D eigenvalue weighted by molar-refractivity contribution is 7.99. The predicted octanol–water partition coefficient (Wildman–Crippen LogP) is 5.07. The van der Waals surface area contributed by atoms with Crippen molar-refractivity contribution < 1.29 is 27.5 Å². The van der Waals surface area contributed by atoms with Gasteiger partial charge in [0.25, 0.3) is 5.91 Å². The van der Waals surface area contributed by atoms with Crippen molar-refractivity contribution in [2.45, 2.75) is 17.5 Å². The molecule has 0 fully saturated rings. The van der Waals surface area contributed by atoms with E-state index in [-0.39, 0.29) is 17.3 Å². The van der Waals surface area contributed by atoms with Crippen LogP contribution in [0, 0.1) is 0 Å². The Bertz CT molecular complexity index is 866. The minimum Gasteiger partial charge on any atom is -0.456 e. The first-order chi connectivity index (χ1) is 13.2. The highest BCUT2D eigenvalue weighted by atomic mass is 35.5. The van der Waals surface area contributed by atoms with Gasteiger partial charge < -0.3 is 10.1 Å². The largest absolute Gasteiger partial charge is 0.456 e. The third kappa shape index (κ3) is 6.88. The average Bonchev–Trinajstić information content (AvgIpc) is 2.62. The van der Waals surface area contributed by atoms with Gasteiger partial charge in [0.2, 0.25) is 0 Å². The molecule has 11 heteroatoms. The molecule has 0 bridgehead atoms. The standard InChI is InChI=1S/C17H13Cl2F3N2O3S/c18-11-3-1-2-4-13(11)28-6-5-15(26)27-9-14(25)24-16-12(19)7-10(8-23-16)17(20,21)22/h1-4,7-8H,5-6,9H2,(H,23,24,25). The Kier molecular flexibility index (Phi) is 7.97. The molecule has 1 aromatic carbocycles. The first-order valence-corrected chi connectivity index (χ1v) is 9.46. The van der Waals surface area contributed by atoms with Crippen molar-refractivity contribution >= 4 is 52.7 Å². The molecule has 0 saturated heterocycles. The summed E-state index contributed by atoms with van der Waals surface area (Å²) in [7, 11) is 0. The molecule has 2 aromatic rings. The number of thioether (sulfide) groups is 1. The lowest BCUT2D eigenvalue weighted by Gasteiger charge is -2.10. The second-order valence-corrected chi connectivity index (χ2v) is 7.24. The van der Waals surface area contributed by atoms with Gasteiger partial charge in [0.15, 0.2) is 12.4 Å². The molecule has 0 aliphatic heterocycles. The Balaban J connectivity index is 1.76. The quantitative estimate of drug-likeness (QED) is 0.468. The molecule has 1 aromatic heterocycles. The van der Waals surface area contributed by atoms with Crippen LogP contribution in [0.4, 0.5) is 19.0 Å². The lowest BCUT2D eigenvalue weighted by Crippen LogP contribution is -2.22. The van der Waals surface area contributed by atoms with Gasteiger partial charge in [-0.05, 0) is 18.2 Å². The summed E-state index contributed by atoms with van der Waals surface area (Å²) in [5.41, 5.74) is -1.04. The maximum atomic E-state index is 12.6. The molecular weight excluding hydrogens is 440 g/mol. The summed E-state index contributed by atoms with van der Waals surface area (Å²) in [4.78, 5) is 27.7. The topological polar surface area (TPSA) is 68.3 Å². The summed E-state index contributed by atoms with van der Waals surface area (Å²) in [5, 5.41) is 2.37. The van der Waals surface area contributed by atoms with E-state index in [1.807, 2.05) is 12.1 Å². The van der Waals surface area contributed by atoms with Crippen LogP contribution in [0.25, 0.3) is 0 Å². The van der Waals surface area contributed by atoms with E-state index in [9.17, 15) is 22.8 Å². The van der Waals surface area contributed by atoms with Crippen LogP contribution in [0.15, 0.2) is 41.4 Å². The molecule has 0 atom stereocenters. The van der Waals surface area contributed by atoms with Gasteiger partial charge in [-0.3, -0.25) is 9.59 Å². The van der Waals surface area contributed by atoms with Crippen molar-refractivity contribution in [3.63, 3.8) is 0 Å². The van der Waals surface area contributed by atoms with Crippen molar-refractivity contribution in [2.24, 2.45) is 0 Å². The van der Waals surface area contributed by atoms with Crippen LogP contribution in [-0.2, 0) is 20.5 Å². The molecule has 1 heterocycles. The van der Waals surface area contributed by atoms with Crippen LogP contribution >= 0.6 is 35.0 Å². The Morgan fingerprint density at radius 2 is 1.89 bits per heavy atom. The Morgan fingerprint density at radius 1 is 1.18 bits per heavy atom. The third-order valence-corrected chi connectivity index (χ3v) is 5.00. The molecule has 5 nitrogen and oxygen atoms in total. The molecule has 0 saturated carbocycles. The monoisotopic (exact) mass is 452 g/mol. The van der Waals surface area contributed by atoms with Gasteiger partial charge in [0.05, 0.1) is 22.0 Å². The SMILES string of the molecule is O=C(COC(=O)CCSc1ccccc1Cl)Nc1ncc(C(F)(F)F)cc1Cl. The van der Waals surface area contributed by atoms with Gasteiger partial charge in [-0.2, -0.15) is 13.2 Å². The van der Waals surface area contributed by atoms with Gasteiger partial charge in [-0.15, -0.1) is 11.8 Å². The number of anilines is 1. The first kappa shape index (κ1) is 22.3. The fourth-order valence-electron chi connectivity index (χ4n) is 1.88. The van der Waals surface area contributed by atoms with Gasteiger partial charge in [-0.25, -0.2) is 4.98 Å². The number of benzene rings is 1. The number of ether oxygens (including phenoxy) is 1. The zero-order chi connectivity index (χ0) is 20.7. The molecule has 150 valence electrons. The van der Waals surface area contributed by atoms with E-state index in [1.165, 1.54) is 11.8 Å². The van der Waals surface area contributed by atoms with E-state index < -0.39 is 30.2 Å². The summed E-state index contributed by atoms with van der Waals surface area (Å²) in [6.45, 7) is -0.616. The van der Waals surface area contributed by atoms with Crippen LogP contribution in [0.1, 0.15) is 12.0 Å². The number of halogens is 5. The number of nitrogens with zero attached hydrogens (tertiary/aromatic N) is 1. The molecule has 0 spiro atoms. The first-order valence-electron chi connectivity index (χ1n) is 7.72. The molecule has 1 N–H and O–H groups in total. The molecule has 28 heavy (non-hydrogen) atoms. The number of nitrogens with one attached hydrogen (secondary N) is 1. The highest BCUT2D eigenvalue weighted by Gasteiger charge is 2.31. The second-order valence-electron chi connectivity index (χ2n) is 5.29. The Hall–Kier alpha value is -1.97. The number of pyridine rings is 1. The smallest absolute Gasteiger partial charge is 0.417 e. The molecule has 2 rings (SSSR count). The van der Waals surface area contributed by atoms with E-state index >= 15 is 0 Å². The van der Waals surface area contributed by atoms with Gasteiger partial charge in [0.1, 0.15) is 0 Å².